The number of rotatable bonds is 4. The van der Waals surface area contributed by atoms with E-state index in [0.717, 1.165) is 0 Å². The van der Waals surface area contributed by atoms with E-state index in [1.807, 2.05) is 13.8 Å². The van der Waals surface area contributed by atoms with Crippen LogP contribution in [0.2, 0.25) is 0 Å². The lowest BCUT2D eigenvalue weighted by molar-refractivity contribution is -0.136. The standard InChI is InChI=1S/C17H29FN2O5/c1-9(2)6-11(19-16(23)25-17(3,4)5)15(22)20-7-10(18)14-13(20)12(21)8-24-14/h9-14,21H,6-8H2,1-5H3,(H,19,23)/t10-,11-,12-,13+,14+/m0/s1. The molecule has 0 aromatic carbocycles. The van der Waals surface area contributed by atoms with Gasteiger partial charge in [-0.15, -0.1) is 0 Å². The number of carbonyl (C=O) groups is 2. The third kappa shape index (κ3) is 4.82. The molecule has 0 aromatic heterocycles. The summed E-state index contributed by atoms with van der Waals surface area (Å²) in [5.41, 5.74) is -0.687. The first-order valence-corrected chi connectivity index (χ1v) is 8.73. The molecule has 5 atom stereocenters. The van der Waals surface area contributed by atoms with Gasteiger partial charge < -0.3 is 24.8 Å². The number of carbonyl (C=O) groups excluding carboxylic acids is 2. The number of alkyl halides is 1. The molecule has 0 unspecified atom stereocenters. The number of nitrogens with zero attached hydrogens (tertiary/aromatic N) is 1. The average molecular weight is 360 g/mol. The minimum absolute atomic E-state index is 0.00781. The van der Waals surface area contributed by atoms with Crippen LogP contribution in [0.3, 0.4) is 0 Å². The zero-order chi connectivity index (χ0) is 18.9. The van der Waals surface area contributed by atoms with Crippen molar-refractivity contribution in [3.05, 3.63) is 0 Å². The monoisotopic (exact) mass is 360 g/mol. The number of halogens is 1. The van der Waals surface area contributed by atoms with Gasteiger partial charge in [0.05, 0.1) is 19.2 Å². The highest BCUT2D eigenvalue weighted by molar-refractivity contribution is 5.86. The van der Waals surface area contributed by atoms with Crippen molar-refractivity contribution in [1.29, 1.82) is 0 Å². The summed E-state index contributed by atoms with van der Waals surface area (Å²) >= 11 is 0. The van der Waals surface area contributed by atoms with E-state index in [2.05, 4.69) is 5.32 Å². The molecule has 2 fully saturated rings. The van der Waals surface area contributed by atoms with Crippen LogP contribution in [0.1, 0.15) is 41.0 Å². The third-order valence-corrected chi connectivity index (χ3v) is 4.26. The molecule has 2 amide bonds. The van der Waals surface area contributed by atoms with Gasteiger partial charge in [-0.3, -0.25) is 4.79 Å². The summed E-state index contributed by atoms with van der Waals surface area (Å²) < 4.78 is 24.6. The molecule has 2 aliphatic rings. The SMILES string of the molecule is CC(C)C[C@H](NC(=O)OC(C)(C)C)C(=O)N1C[C@H](F)[C@H]2OC[C@H](O)[C@H]21. The first-order valence-electron chi connectivity index (χ1n) is 8.73. The van der Waals surface area contributed by atoms with Crippen LogP contribution in [0.4, 0.5) is 9.18 Å². The number of fused-ring (bicyclic) bond motifs is 1. The predicted molar refractivity (Wildman–Crippen MR) is 88.8 cm³/mol. The molecule has 25 heavy (non-hydrogen) atoms. The van der Waals surface area contributed by atoms with Crippen molar-refractivity contribution >= 4 is 12.0 Å². The highest BCUT2D eigenvalue weighted by Gasteiger charge is 2.53. The zero-order valence-corrected chi connectivity index (χ0v) is 15.5. The smallest absolute Gasteiger partial charge is 0.408 e. The molecule has 0 radical (unpaired) electrons. The predicted octanol–water partition coefficient (Wildman–Crippen LogP) is 1.23. The zero-order valence-electron chi connectivity index (χ0n) is 15.5. The first-order chi connectivity index (χ1) is 11.5. The number of alkyl carbamates (subject to hydrolysis) is 1. The number of ether oxygens (including phenoxy) is 2. The number of aliphatic hydroxyl groups excluding tert-OH is 1. The summed E-state index contributed by atoms with van der Waals surface area (Å²) in [5, 5.41) is 12.6. The van der Waals surface area contributed by atoms with E-state index in [0.29, 0.717) is 6.42 Å². The molecule has 0 saturated carbocycles. The molecule has 8 heteroatoms. The molecule has 0 bridgehead atoms. The molecule has 2 rings (SSSR count). The normalized spacial score (nSPS) is 30.3. The fourth-order valence-electron chi connectivity index (χ4n) is 3.32. The lowest BCUT2D eigenvalue weighted by atomic mass is 10.0. The fraction of sp³-hybridized carbons (Fsp3) is 0.882. The number of nitrogens with one attached hydrogen (secondary N) is 1. The minimum atomic E-state index is -1.34. The maximum Gasteiger partial charge on any atom is 0.408 e. The van der Waals surface area contributed by atoms with Gasteiger partial charge in [0.25, 0.3) is 0 Å². The van der Waals surface area contributed by atoms with Gasteiger partial charge in [0.2, 0.25) is 5.91 Å². The molecule has 7 nitrogen and oxygen atoms in total. The Balaban J connectivity index is 2.11. The number of likely N-dealkylation sites (tertiary alicyclic amines) is 1. The second kappa shape index (κ2) is 7.45. The second-order valence-electron chi connectivity index (χ2n) is 8.19. The second-order valence-corrected chi connectivity index (χ2v) is 8.19. The Bertz CT molecular complexity index is 508. The number of aliphatic hydroxyl groups is 1. The van der Waals surface area contributed by atoms with Gasteiger partial charge >= 0.3 is 6.09 Å². The van der Waals surface area contributed by atoms with Crippen LogP contribution >= 0.6 is 0 Å². The maximum atomic E-state index is 14.1. The van der Waals surface area contributed by atoms with E-state index in [-0.39, 0.29) is 19.1 Å². The van der Waals surface area contributed by atoms with E-state index < -0.39 is 48.1 Å². The Morgan fingerprint density at radius 1 is 1.40 bits per heavy atom. The molecule has 2 saturated heterocycles. The summed E-state index contributed by atoms with van der Waals surface area (Å²) in [6.07, 6.45) is -3.37. The van der Waals surface area contributed by atoms with Crippen molar-refractivity contribution in [2.75, 3.05) is 13.2 Å². The number of hydrogen-bond acceptors (Lipinski definition) is 5. The van der Waals surface area contributed by atoms with Crippen molar-refractivity contribution in [2.45, 2.75) is 77.1 Å². The van der Waals surface area contributed by atoms with Gasteiger partial charge in [-0.05, 0) is 33.1 Å². The van der Waals surface area contributed by atoms with Gasteiger partial charge in [-0.1, -0.05) is 13.8 Å². The number of hydrogen-bond donors (Lipinski definition) is 2. The lowest BCUT2D eigenvalue weighted by Crippen LogP contribution is -2.54. The van der Waals surface area contributed by atoms with Crippen molar-refractivity contribution in [3.63, 3.8) is 0 Å². The topological polar surface area (TPSA) is 88.1 Å². The molecule has 2 aliphatic heterocycles. The van der Waals surface area contributed by atoms with Crippen LogP contribution in [-0.4, -0.2) is 71.2 Å². The van der Waals surface area contributed by atoms with Crippen LogP contribution in [0.5, 0.6) is 0 Å². The minimum Gasteiger partial charge on any atom is -0.444 e. The van der Waals surface area contributed by atoms with E-state index in [4.69, 9.17) is 9.47 Å². The summed E-state index contributed by atoms with van der Waals surface area (Å²) in [5.74, 6) is -0.285. The number of amides is 2. The molecule has 2 N–H and O–H groups in total. The molecule has 2 heterocycles. The van der Waals surface area contributed by atoms with Gasteiger partial charge in [-0.2, -0.15) is 0 Å². The van der Waals surface area contributed by atoms with Crippen molar-refractivity contribution in [1.82, 2.24) is 10.2 Å². The summed E-state index contributed by atoms with van der Waals surface area (Å²) in [6.45, 7) is 8.92. The summed E-state index contributed by atoms with van der Waals surface area (Å²) in [4.78, 5) is 26.3. The molecule has 144 valence electrons. The van der Waals surface area contributed by atoms with Crippen LogP contribution in [0, 0.1) is 5.92 Å². The summed E-state index contributed by atoms with van der Waals surface area (Å²) in [7, 11) is 0. The lowest BCUT2D eigenvalue weighted by Gasteiger charge is -2.30. The Labute approximate surface area is 147 Å². The van der Waals surface area contributed by atoms with E-state index in [1.165, 1.54) is 4.90 Å². The van der Waals surface area contributed by atoms with Crippen LogP contribution in [-0.2, 0) is 14.3 Å². The van der Waals surface area contributed by atoms with Crippen LogP contribution in [0.25, 0.3) is 0 Å². The Morgan fingerprint density at radius 2 is 2.04 bits per heavy atom. The van der Waals surface area contributed by atoms with Gasteiger partial charge in [-0.25, -0.2) is 9.18 Å². The van der Waals surface area contributed by atoms with E-state index in [9.17, 15) is 19.1 Å². The highest BCUT2D eigenvalue weighted by atomic mass is 19.1. The third-order valence-electron chi connectivity index (χ3n) is 4.26. The van der Waals surface area contributed by atoms with Crippen LogP contribution in [0.15, 0.2) is 0 Å². The Hall–Kier alpha value is -1.41. The molecule has 0 spiro atoms. The molecule has 0 aromatic rings. The fourth-order valence-corrected chi connectivity index (χ4v) is 3.32. The van der Waals surface area contributed by atoms with Gasteiger partial charge in [0, 0.05) is 0 Å². The van der Waals surface area contributed by atoms with Gasteiger partial charge in [0.15, 0.2) is 0 Å². The summed E-state index contributed by atoms with van der Waals surface area (Å²) in [6, 6.07) is -1.55. The maximum absolute atomic E-state index is 14.1. The largest absolute Gasteiger partial charge is 0.444 e. The average Bonchev–Trinajstić information content (AvgIpc) is 2.97. The van der Waals surface area contributed by atoms with Crippen LogP contribution < -0.4 is 5.32 Å². The van der Waals surface area contributed by atoms with Crippen molar-refractivity contribution in [3.8, 4) is 0 Å². The van der Waals surface area contributed by atoms with Crippen molar-refractivity contribution in [2.24, 2.45) is 5.92 Å². The molecular weight excluding hydrogens is 331 g/mol. The quantitative estimate of drug-likeness (QED) is 0.787. The van der Waals surface area contributed by atoms with Crippen molar-refractivity contribution < 1.29 is 28.6 Å². The van der Waals surface area contributed by atoms with E-state index in [1.54, 1.807) is 20.8 Å². The first kappa shape index (κ1) is 19.9. The Morgan fingerprint density at radius 3 is 2.60 bits per heavy atom. The van der Waals surface area contributed by atoms with E-state index >= 15 is 0 Å². The molecular formula is C17H29FN2O5. The van der Waals surface area contributed by atoms with Gasteiger partial charge in [0.1, 0.15) is 30.0 Å². The Kier molecular flexibility index (Phi) is 5.93. The molecule has 0 aliphatic carbocycles. The highest BCUT2D eigenvalue weighted by Crippen LogP contribution is 2.32.